The lowest BCUT2D eigenvalue weighted by Crippen LogP contribution is -2.48. The zero-order valence-corrected chi connectivity index (χ0v) is 9.60. The lowest BCUT2D eigenvalue weighted by atomic mass is 10.1. The molecule has 0 saturated carbocycles. The summed E-state index contributed by atoms with van der Waals surface area (Å²) in [7, 11) is 3.28. The van der Waals surface area contributed by atoms with Gasteiger partial charge in [0.05, 0.1) is 12.1 Å². The first-order valence-corrected chi connectivity index (χ1v) is 5.23. The Labute approximate surface area is 90.5 Å². The van der Waals surface area contributed by atoms with Crippen molar-refractivity contribution < 1.29 is 14.3 Å². The minimum absolute atomic E-state index is 0.0673. The highest BCUT2D eigenvalue weighted by atomic mass is 16.5. The zero-order valence-electron chi connectivity index (χ0n) is 9.60. The van der Waals surface area contributed by atoms with Gasteiger partial charge in [0.1, 0.15) is 6.10 Å². The van der Waals surface area contributed by atoms with Gasteiger partial charge in [-0.25, -0.2) is 0 Å². The number of hydrogen-bond donors (Lipinski definition) is 1. The summed E-state index contributed by atoms with van der Waals surface area (Å²) in [6.45, 7) is 2.90. The van der Waals surface area contributed by atoms with Crippen LogP contribution in [-0.2, 0) is 14.3 Å². The molecule has 0 aromatic heterocycles. The summed E-state index contributed by atoms with van der Waals surface area (Å²) in [6, 6.07) is 0.140. The van der Waals surface area contributed by atoms with Gasteiger partial charge in [-0.15, -0.1) is 0 Å². The van der Waals surface area contributed by atoms with Crippen LogP contribution in [0.25, 0.3) is 0 Å². The highest BCUT2D eigenvalue weighted by molar-refractivity contribution is 5.81. The minimum atomic E-state index is -0.539. The number of nitrogens with zero attached hydrogens (tertiary/aromatic N) is 1. The number of methoxy groups -OCH3 is 1. The molecule has 3 atom stereocenters. The minimum Gasteiger partial charge on any atom is -0.376 e. The van der Waals surface area contributed by atoms with Crippen molar-refractivity contribution in [2.24, 2.45) is 5.73 Å². The number of carbonyl (C=O) groups excluding carboxylic acids is 1. The van der Waals surface area contributed by atoms with Gasteiger partial charge in [-0.1, -0.05) is 0 Å². The molecule has 3 unspecified atom stereocenters. The lowest BCUT2D eigenvalue weighted by Gasteiger charge is -2.29. The fraction of sp³-hybridized carbons (Fsp3) is 0.900. The molecule has 0 radical (unpaired) electrons. The van der Waals surface area contributed by atoms with Crippen molar-refractivity contribution in [2.45, 2.75) is 31.6 Å². The van der Waals surface area contributed by atoms with Crippen LogP contribution < -0.4 is 5.73 Å². The van der Waals surface area contributed by atoms with Crippen LogP contribution >= 0.6 is 0 Å². The molecule has 1 saturated heterocycles. The van der Waals surface area contributed by atoms with Crippen molar-refractivity contribution in [3.8, 4) is 0 Å². The average molecular weight is 216 g/mol. The van der Waals surface area contributed by atoms with E-state index < -0.39 is 6.10 Å². The van der Waals surface area contributed by atoms with E-state index in [0.29, 0.717) is 6.61 Å². The van der Waals surface area contributed by atoms with Gasteiger partial charge >= 0.3 is 0 Å². The zero-order chi connectivity index (χ0) is 11.4. The summed E-state index contributed by atoms with van der Waals surface area (Å²) in [5.74, 6) is -0.0673. The molecule has 1 heterocycles. The molecule has 1 amide bonds. The molecule has 5 nitrogen and oxygen atoms in total. The predicted octanol–water partition coefficient (Wildman–Crippen LogP) is -0.404. The van der Waals surface area contributed by atoms with E-state index in [1.54, 1.807) is 11.9 Å². The van der Waals surface area contributed by atoms with E-state index in [9.17, 15) is 4.79 Å². The Balaban J connectivity index is 2.58. The lowest BCUT2D eigenvalue weighted by molar-refractivity contribution is -0.143. The summed E-state index contributed by atoms with van der Waals surface area (Å²) >= 11 is 0. The molecule has 88 valence electrons. The van der Waals surface area contributed by atoms with Crippen LogP contribution in [0.4, 0.5) is 0 Å². The summed E-state index contributed by atoms with van der Waals surface area (Å²) in [5.41, 5.74) is 5.45. The van der Waals surface area contributed by atoms with E-state index >= 15 is 0 Å². The summed E-state index contributed by atoms with van der Waals surface area (Å²) in [5, 5.41) is 0. The molecule has 2 N–H and O–H groups in total. The molecule has 1 rings (SSSR count). The van der Waals surface area contributed by atoms with Crippen LogP contribution in [0.15, 0.2) is 0 Å². The van der Waals surface area contributed by atoms with Crippen molar-refractivity contribution in [1.82, 2.24) is 4.90 Å². The van der Waals surface area contributed by atoms with Crippen LogP contribution in [0.1, 0.15) is 13.3 Å². The van der Waals surface area contributed by atoms with E-state index in [4.69, 9.17) is 15.2 Å². The third-order valence-corrected chi connectivity index (χ3v) is 2.96. The molecular formula is C10H20N2O3. The highest BCUT2D eigenvalue weighted by Crippen LogP contribution is 2.18. The van der Waals surface area contributed by atoms with Gasteiger partial charge in [-0.3, -0.25) is 4.79 Å². The molecule has 0 spiro atoms. The second-order valence-corrected chi connectivity index (χ2v) is 3.84. The third-order valence-electron chi connectivity index (χ3n) is 2.96. The summed E-state index contributed by atoms with van der Waals surface area (Å²) in [4.78, 5) is 13.6. The Morgan fingerprint density at radius 1 is 1.73 bits per heavy atom. The second-order valence-electron chi connectivity index (χ2n) is 3.84. The van der Waals surface area contributed by atoms with Crippen LogP contribution in [0, 0.1) is 0 Å². The molecular weight excluding hydrogens is 196 g/mol. The maximum absolute atomic E-state index is 11.9. The molecule has 5 heteroatoms. The van der Waals surface area contributed by atoms with Crippen molar-refractivity contribution in [2.75, 3.05) is 27.3 Å². The number of nitrogens with two attached hydrogens (primary N) is 1. The number of ether oxygens (including phenoxy) is 2. The van der Waals surface area contributed by atoms with E-state index in [2.05, 4.69) is 0 Å². The van der Waals surface area contributed by atoms with Gasteiger partial charge in [0, 0.05) is 27.3 Å². The van der Waals surface area contributed by atoms with Crippen LogP contribution in [0.2, 0.25) is 0 Å². The molecule has 0 aromatic carbocycles. The topological polar surface area (TPSA) is 64.8 Å². The monoisotopic (exact) mass is 216 g/mol. The molecule has 0 aliphatic carbocycles. The first-order chi connectivity index (χ1) is 7.11. The van der Waals surface area contributed by atoms with Crippen LogP contribution in [0.3, 0.4) is 0 Å². The fourth-order valence-corrected chi connectivity index (χ4v) is 1.92. The smallest absolute Gasteiger partial charge is 0.253 e. The van der Waals surface area contributed by atoms with Gasteiger partial charge < -0.3 is 20.1 Å². The molecule has 0 aromatic rings. The maximum atomic E-state index is 11.9. The largest absolute Gasteiger partial charge is 0.376 e. The highest BCUT2D eigenvalue weighted by Gasteiger charge is 2.33. The van der Waals surface area contributed by atoms with Crippen molar-refractivity contribution in [1.29, 1.82) is 0 Å². The van der Waals surface area contributed by atoms with Crippen molar-refractivity contribution in [3.05, 3.63) is 0 Å². The fourth-order valence-electron chi connectivity index (χ4n) is 1.92. The van der Waals surface area contributed by atoms with Gasteiger partial charge in [0.15, 0.2) is 0 Å². The van der Waals surface area contributed by atoms with Gasteiger partial charge in [-0.05, 0) is 13.3 Å². The van der Waals surface area contributed by atoms with Gasteiger partial charge in [0.25, 0.3) is 5.91 Å². The molecule has 0 bridgehead atoms. The molecule has 1 aliphatic heterocycles. The predicted molar refractivity (Wildman–Crippen MR) is 56.4 cm³/mol. The Kier molecular flexibility index (Phi) is 4.50. The quantitative estimate of drug-likeness (QED) is 0.694. The Morgan fingerprint density at radius 3 is 2.80 bits per heavy atom. The normalized spacial score (nSPS) is 27.7. The van der Waals surface area contributed by atoms with Crippen LogP contribution in [-0.4, -0.2) is 56.4 Å². The number of hydrogen-bond acceptors (Lipinski definition) is 4. The first-order valence-electron chi connectivity index (χ1n) is 5.23. The Hall–Kier alpha value is -0.650. The van der Waals surface area contributed by atoms with E-state index in [-0.39, 0.29) is 24.6 Å². The van der Waals surface area contributed by atoms with Crippen molar-refractivity contribution >= 4 is 5.91 Å². The third kappa shape index (κ3) is 2.68. The van der Waals surface area contributed by atoms with Crippen molar-refractivity contribution in [3.63, 3.8) is 0 Å². The molecule has 1 aliphatic rings. The van der Waals surface area contributed by atoms with E-state index in [1.165, 1.54) is 7.11 Å². The maximum Gasteiger partial charge on any atom is 0.253 e. The molecule has 1 fully saturated rings. The number of likely N-dealkylation sites (N-methyl/N-ethyl adjacent to an activating group) is 1. The molecule has 15 heavy (non-hydrogen) atoms. The Morgan fingerprint density at radius 2 is 2.40 bits per heavy atom. The van der Waals surface area contributed by atoms with E-state index in [0.717, 1.165) is 6.42 Å². The average Bonchev–Trinajstić information content (AvgIpc) is 2.65. The first kappa shape index (κ1) is 12.4. The number of carbonyl (C=O) groups is 1. The SMILES string of the molecule is COC(CN)C(=O)N(C)C1CCOC1C. The van der Waals surface area contributed by atoms with Gasteiger partial charge in [-0.2, -0.15) is 0 Å². The van der Waals surface area contributed by atoms with E-state index in [1.807, 2.05) is 6.92 Å². The standard InChI is InChI=1S/C10H20N2O3/c1-7-8(4-5-15-7)12(2)10(13)9(6-11)14-3/h7-9H,4-6,11H2,1-3H3. The Bertz CT molecular complexity index is 219. The number of amides is 1. The number of rotatable bonds is 4. The van der Waals surface area contributed by atoms with Gasteiger partial charge in [0.2, 0.25) is 0 Å². The summed E-state index contributed by atoms with van der Waals surface area (Å²) < 4.78 is 10.4. The second kappa shape index (κ2) is 5.44. The summed E-state index contributed by atoms with van der Waals surface area (Å²) in [6.07, 6.45) is 0.432. The van der Waals surface area contributed by atoms with Crippen LogP contribution in [0.5, 0.6) is 0 Å².